The molecule has 0 aromatic rings. The van der Waals surface area contributed by atoms with Gasteiger partial charge in [0.25, 0.3) is 0 Å². The second-order valence-corrected chi connectivity index (χ2v) is 11.8. The van der Waals surface area contributed by atoms with E-state index in [-0.39, 0.29) is 65.6 Å². The Morgan fingerprint density at radius 3 is 1.05 bits per heavy atom. The maximum Gasteiger partial charge on any atom is 2.00 e. The largest absolute Gasteiger partial charge is 2.00 e. The van der Waals surface area contributed by atoms with Crippen molar-refractivity contribution in [1.29, 1.82) is 0 Å². The number of rotatable bonds is 28. The normalized spacial score (nSPS) is 10.2. The quantitative estimate of drug-likeness (QED) is 0.0523. The molecule has 42 heavy (non-hydrogen) atoms. The first-order valence-electron chi connectivity index (χ1n) is 16.0. The maximum atomic E-state index is 10.2. The van der Waals surface area contributed by atoms with Crippen LogP contribution in [0.4, 0.5) is 0 Å². The Kier molecular flexibility index (Phi) is 57.9. The number of hydrogen-bond acceptors (Lipinski definition) is 8. The minimum atomic E-state index is -4.48. The van der Waals surface area contributed by atoms with Gasteiger partial charge < -0.3 is 14.5 Å². The van der Waals surface area contributed by atoms with Crippen LogP contribution in [0.5, 0.6) is 0 Å². The van der Waals surface area contributed by atoms with Crippen molar-refractivity contribution in [2.24, 2.45) is 0 Å². The average Bonchev–Trinajstić information content (AvgIpc) is 2.89. The molecule has 240 valence electrons. The third-order valence-corrected chi connectivity index (χ3v) is 7.17. The molecule has 0 radical (unpaired) electrons. The molecule has 0 spiro atoms. The molecule has 0 rings (SSSR count). The first-order valence-corrected chi connectivity index (χ1v) is 18.2. The first kappa shape index (κ1) is 52.5. The number of unbranched alkanes of at least 4 members (excludes halogenated alkanes) is 23. The van der Waals surface area contributed by atoms with Gasteiger partial charge in [-0.15, -0.1) is 0 Å². The zero-order valence-corrected chi connectivity index (χ0v) is 32.7. The molecule has 0 amide bonds. The van der Waals surface area contributed by atoms with E-state index >= 15 is 0 Å². The topological polar surface area (TPSA) is 141 Å². The molecule has 12 heteroatoms. The summed E-state index contributed by atoms with van der Waals surface area (Å²) in [6, 6.07) is 0. The molecular weight excluding hydrogens is 596 g/mol. The van der Waals surface area contributed by atoms with E-state index in [0.29, 0.717) is 6.42 Å². The Balaban J connectivity index is -0.000000192. The zero-order chi connectivity index (χ0) is 30.6. The van der Waals surface area contributed by atoms with E-state index in [1.54, 1.807) is 0 Å². The van der Waals surface area contributed by atoms with Gasteiger partial charge in [0.15, 0.2) is 0 Å². The fraction of sp³-hybridized carbons (Fsp3) is 0.967. The first-order chi connectivity index (χ1) is 19.2. The number of carboxylic acids is 1. The number of carbonyl (C=O) groups is 1. The molecule has 0 heterocycles. The van der Waals surface area contributed by atoms with E-state index in [0.717, 1.165) is 25.7 Å². The fourth-order valence-electron chi connectivity index (χ4n) is 4.39. The Hall–Kier alpha value is 0.923. The fourth-order valence-corrected chi connectivity index (χ4v) is 4.71. The van der Waals surface area contributed by atoms with Crippen LogP contribution in [0.3, 0.4) is 0 Å². The molecule has 0 unspecified atom stereocenters. The minimum absolute atomic E-state index is 0. The van der Waals surface area contributed by atoms with Crippen molar-refractivity contribution in [2.45, 2.75) is 181 Å². The van der Waals surface area contributed by atoms with Gasteiger partial charge in [0.1, 0.15) is 0 Å². The third kappa shape index (κ3) is 64.0. The molecule has 0 atom stereocenters. The van der Waals surface area contributed by atoms with Crippen LogP contribution in [0.1, 0.15) is 181 Å². The van der Waals surface area contributed by atoms with Crippen LogP contribution in [-0.2, 0) is 28.3 Å². The molecule has 0 aliphatic rings. The standard InChI is InChI=1S/C18H36O2.C12H26O4S.Mg.Na.O2Si/c1-2-3-4-5-6-7-8-9-10-11-12-13-14-15-16-17-18(19)20;1-2-3-4-5-6-7-8-9-10-11-12-16-17(13,14)15;;;1-3-2/h2-17H2,1H3,(H,19,20);2-12H2,1H3,(H,13,14,15);;;/q;;+2;+1;/p-2. The molecule has 0 bridgehead atoms. The number of carbonyl (C=O) groups excluding carboxylic acids is 1. The number of aliphatic carboxylic acids is 1. The summed E-state index contributed by atoms with van der Waals surface area (Å²) < 4.78 is 51.3. The van der Waals surface area contributed by atoms with Crippen LogP contribution in [0.15, 0.2) is 0 Å². The summed E-state index contributed by atoms with van der Waals surface area (Å²) in [7, 11) is -5.90. The van der Waals surface area contributed by atoms with E-state index in [1.807, 2.05) is 0 Å². The van der Waals surface area contributed by atoms with E-state index in [4.69, 9.17) is 8.92 Å². The van der Waals surface area contributed by atoms with Gasteiger partial charge >= 0.3 is 61.9 Å². The molecular formula is C30H60MgNaO8SSi+. The summed E-state index contributed by atoms with van der Waals surface area (Å²) in [5.74, 6) is -0.903. The van der Waals surface area contributed by atoms with E-state index in [9.17, 15) is 22.9 Å². The smallest absolute Gasteiger partial charge is 0.726 e. The Morgan fingerprint density at radius 2 is 0.810 bits per heavy atom. The van der Waals surface area contributed by atoms with Crippen molar-refractivity contribution < 1.29 is 65.5 Å². The van der Waals surface area contributed by atoms with Crippen molar-refractivity contribution in [3.63, 3.8) is 0 Å². The van der Waals surface area contributed by atoms with Crippen molar-refractivity contribution in [1.82, 2.24) is 0 Å². The van der Waals surface area contributed by atoms with Crippen LogP contribution in [0.2, 0.25) is 0 Å². The Bertz CT molecular complexity index is 651. The van der Waals surface area contributed by atoms with Gasteiger partial charge in [-0.3, -0.25) is 13.1 Å². The van der Waals surface area contributed by atoms with Crippen molar-refractivity contribution >= 4 is 48.7 Å². The number of hydrogen-bond donors (Lipinski definition) is 0. The van der Waals surface area contributed by atoms with Gasteiger partial charge in [0, 0.05) is 5.97 Å². The molecule has 0 saturated carbocycles. The second-order valence-electron chi connectivity index (χ2n) is 10.6. The SMILES string of the molecule is CCCCCCCCCCCCCCCCCC(=O)[O-].CCCCCCCCCCCCOS(=O)(=O)[O-].O=[Si]=O.[Mg+2].[Na+]. The molecule has 0 fully saturated rings. The summed E-state index contributed by atoms with van der Waals surface area (Å²) >= 11 is 0. The summed E-state index contributed by atoms with van der Waals surface area (Å²) in [5, 5.41) is 10.2. The predicted octanol–water partition coefficient (Wildman–Crippen LogP) is 4.39. The van der Waals surface area contributed by atoms with Crippen LogP contribution in [-0.4, -0.2) is 57.9 Å². The van der Waals surface area contributed by atoms with E-state index < -0.39 is 25.7 Å². The van der Waals surface area contributed by atoms with Gasteiger partial charge in [0.05, 0.1) is 6.61 Å². The van der Waals surface area contributed by atoms with E-state index in [2.05, 4.69) is 18.0 Å². The van der Waals surface area contributed by atoms with E-state index in [1.165, 1.54) is 128 Å². The molecule has 8 nitrogen and oxygen atoms in total. The van der Waals surface area contributed by atoms with Crippen molar-refractivity contribution in [3.05, 3.63) is 0 Å². The molecule has 0 N–H and O–H groups in total. The molecule has 0 saturated heterocycles. The van der Waals surface area contributed by atoms with Gasteiger partial charge in [-0.05, 0) is 19.3 Å². The van der Waals surface area contributed by atoms with Crippen molar-refractivity contribution in [3.8, 4) is 0 Å². The summed E-state index contributed by atoms with van der Waals surface area (Å²) in [5.41, 5.74) is 0. The third-order valence-electron chi connectivity index (χ3n) is 6.71. The van der Waals surface area contributed by atoms with Crippen molar-refractivity contribution in [2.75, 3.05) is 6.61 Å². The maximum absolute atomic E-state index is 10.2. The summed E-state index contributed by atoms with van der Waals surface area (Å²) in [6.07, 6.45) is 31.6. The van der Waals surface area contributed by atoms with Gasteiger partial charge in [-0.25, -0.2) is 8.42 Å². The molecule has 0 aliphatic carbocycles. The van der Waals surface area contributed by atoms with Crippen LogP contribution >= 0.6 is 0 Å². The Morgan fingerprint density at radius 1 is 0.571 bits per heavy atom. The predicted molar refractivity (Wildman–Crippen MR) is 165 cm³/mol. The van der Waals surface area contributed by atoms with Crippen LogP contribution in [0.25, 0.3) is 0 Å². The average molecular weight is 656 g/mol. The molecule has 0 aliphatic heterocycles. The van der Waals surface area contributed by atoms with Gasteiger partial charge in [-0.2, -0.15) is 0 Å². The summed E-state index contributed by atoms with van der Waals surface area (Å²) in [4.78, 5) is 10.2. The minimum Gasteiger partial charge on any atom is -0.726 e. The van der Waals surface area contributed by atoms with Gasteiger partial charge in [0.2, 0.25) is 10.4 Å². The monoisotopic (exact) mass is 655 g/mol. The number of carboxylic acid groups (broad SMARTS) is 1. The zero-order valence-electron chi connectivity index (χ0n) is 27.5. The molecule has 0 aromatic heterocycles. The molecule has 0 aromatic carbocycles. The second kappa shape index (κ2) is 46.3. The van der Waals surface area contributed by atoms with Crippen LogP contribution < -0.4 is 34.7 Å². The summed E-state index contributed by atoms with van der Waals surface area (Å²) in [6.45, 7) is 4.51. The van der Waals surface area contributed by atoms with Gasteiger partial charge in [-0.1, -0.05) is 162 Å². The Labute approximate surface area is 299 Å². The van der Waals surface area contributed by atoms with Crippen LogP contribution in [0, 0.1) is 0 Å².